The van der Waals surface area contributed by atoms with E-state index in [2.05, 4.69) is 19.9 Å². The van der Waals surface area contributed by atoms with Crippen molar-refractivity contribution in [2.45, 2.75) is 33.1 Å². The molecule has 0 aliphatic heterocycles. The summed E-state index contributed by atoms with van der Waals surface area (Å²) in [6.07, 6.45) is 2.16. The number of rotatable bonds is 6. The van der Waals surface area contributed by atoms with Gasteiger partial charge in [0.1, 0.15) is 6.07 Å². The number of anilines is 1. The highest BCUT2D eigenvalue weighted by atomic mass is 16.2. The van der Waals surface area contributed by atoms with Crippen LogP contribution in [-0.4, -0.2) is 19.5 Å². The molecule has 0 saturated carbocycles. The molecule has 0 bridgehead atoms. The summed E-state index contributed by atoms with van der Waals surface area (Å²) in [7, 11) is 1.72. The first-order valence-corrected chi connectivity index (χ1v) is 6.87. The Morgan fingerprint density at radius 1 is 1.35 bits per heavy atom. The maximum atomic E-state index is 12.2. The summed E-state index contributed by atoms with van der Waals surface area (Å²) >= 11 is 0. The van der Waals surface area contributed by atoms with Crippen molar-refractivity contribution >= 4 is 11.6 Å². The standard InChI is InChI=1S/C16H23N3O/c1-16(2,10-11-17)9-8-15(20)19(3)14-7-5-4-6-13(14)12-18/h4-7H,8-11,17H2,1-3H3. The second kappa shape index (κ2) is 7.06. The number of nitrogens with two attached hydrogens (primary N) is 1. The predicted octanol–water partition coefficient (Wildman–Crippen LogP) is 2.68. The van der Waals surface area contributed by atoms with Crippen molar-refractivity contribution in [3.8, 4) is 6.07 Å². The van der Waals surface area contributed by atoms with Gasteiger partial charge in [0.05, 0.1) is 11.3 Å². The van der Waals surface area contributed by atoms with Crippen molar-refractivity contribution < 1.29 is 4.79 Å². The summed E-state index contributed by atoms with van der Waals surface area (Å²) < 4.78 is 0. The average Bonchev–Trinajstić information content (AvgIpc) is 2.44. The fourth-order valence-electron chi connectivity index (χ4n) is 2.12. The number of carbonyl (C=O) groups is 1. The van der Waals surface area contributed by atoms with Gasteiger partial charge in [0.15, 0.2) is 0 Å². The van der Waals surface area contributed by atoms with Crippen molar-refractivity contribution in [3.05, 3.63) is 29.8 Å². The van der Waals surface area contributed by atoms with Gasteiger partial charge in [-0.15, -0.1) is 0 Å². The lowest BCUT2D eigenvalue weighted by atomic mass is 9.84. The van der Waals surface area contributed by atoms with E-state index in [0.29, 0.717) is 24.2 Å². The van der Waals surface area contributed by atoms with Crippen LogP contribution < -0.4 is 10.6 Å². The maximum Gasteiger partial charge on any atom is 0.226 e. The monoisotopic (exact) mass is 273 g/mol. The molecule has 0 unspecified atom stereocenters. The normalized spacial score (nSPS) is 10.9. The number of carbonyl (C=O) groups excluding carboxylic acids is 1. The van der Waals surface area contributed by atoms with E-state index >= 15 is 0 Å². The van der Waals surface area contributed by atoms with Crippen LogP contribution >= 0.6 is 0 Å². The molecule has 1 aromatic carbocycles. The van der Waals surface area contributed by atoms with E-state index < -0.39 is 0 Å². The highest BCUT2D eigenvalue weighted by Gasteiger charge is 2.21. The molecule has 0 heterocycles. The van der Waals surface area contributed by atoms with Crippen LogP contribution in [-0.2, 0) is 4.79 Å². The Kier molecular flexibility index (Phi) is 5.72. The molecule has 0 aromatic heterocycles. The molecule has 4 nitrogen and oxygen atoms in total. The van der Waals surface area contributed by atoms with Gasteiger partial charge in [-0.1, -0.05) is 26.0 Å². The van der Waals surface area contributed by atoms with Gasteiger partial charge in [0.2, 0.25) is 5.91 Å². The molecular formula is C16H23N3O. The Labute approximate surface area is 121 Å². The molecule has 0 saturated heterocycles. The van der Waals surface area contributed by atoms with Crippen LogP contribution in [0.3, 0.4) is 0 Å². The summed E-state index contributed by atoms with van der Waals surface area (Å²) in [4.78, 5) is 13.8. The molecule has 2 N–H and O–H groups in total. The zero-order valence-electron chi connectivity index (χ0n) is 12.5. The van der Waals surface area contributed by atoms with E-state index in [4.69, 9.17) is 11.0 Å². The molecule has 1 aromatic rings. The Morgan fingerprint density at radius 2 is 2.00 bits per heavy atom. The van der Waals surface area contributed by atoms with Crippen LogP contribution in [0, 0.1) is 16.7 Å². The molecule has 20 heavy (non-hydrogen) atoms. The molecule has 1 rings (SSSR count). The summed E-state index contributed by atoms with van der Waals surface area (Å²) in [5.41, 5.74) is 6.83. The second-order valence-corrected chi connectivity index (χ2v) is 5.78. The van der Waals surface area contributed by atoms with Crippen LogP contribution in [0.1, 0.15) is 38.7 Å². The fraction of sp³-hybridized carbons (Fsp3) is 0.500. The van der Waals surface area contributed by atoms with Crippen LogP contribution in [0.5, 0.6) is 0 Å². The number of amides is 1. The number of hydrogen-bond donors (Lipinski definition) is 1. The maximum absolute atomic E-state index is 12.2. The third-order valence-corrected chi connectivity index (χ3v) is 3.60. The van der Waals surface area contributed by atoms with Crippen molar-refractivity contribution in [1.29, 1.82) is 5.26 Å². The average molecular weight is 273 g/mol. The van der Waals surface area contributed by atoms with Crippen LogP contribution in [0.2, 0.25) is 0 Å². The molecule has 108 valence electrons. The number of para-hydroxylation sites is 1. The van der Waals surface area contributed by atoms with Crippen LogP contribution in [0.15, 0.2) is 24.3 Å². The molecule has 0 aliphatic carbocycles. The summed E-state index contributed by atoms with van der Waals surface area (Å²) in [5, 5.41) is 9.08. The van der Waals surface area contributed by atoms with Crippen LogP contribution in [0.4, 0.5) is 5.69 Å². The fourth-order valence-corrected chi connectivity index (χ4v) is 2.12. The molecule has 0 atom stereocenters. The van der Waals surface area contributed by atoms with Crippen molar-refractivity contribution in [1.82, 2.24) is 0 Å². The lowest BCUT2D eigenvalue weighted by Gasteiger charge is -2.25. The van der Waals surface area contributed by atoms with Gasteiger partial charge in [-0.3, -0.25) is 4.79 Å². The van der Waals surface area contributed by atoms with E-state index in [0.717, 1.165) is 12.8 Å². The van der Waals surface area contributed by atoms with Gasteiger partial charge in [0, 0.05) is 13.5 Å². The first-order valence-electron chi connectivity index (χ1n) is 6.87. The molecule has 0 spiro atoms. The largest absolute Gasteiger partial charge is 0.330 e. The first-order chi connectivity index (χ1) is 9.41. The highest BCUT2D eigenvalue weighted by molar-refractivity contribution is 5.94. The van der Waals surface area contributed by atoms with Crippen molar-refractivity contribution in [3.63, 3.8) is 0 Å². The molecule has 0 fully saturated rings. The van der Waals surface area contributed by atoms with E-state index in [1.54, 1.807) is 30.1 Å². The zero-order valence-corrected chi connectivity index (χ0v) is 12.5. The van der Waals surface area contributed by atoms with Crippen molar-refractivity contribution in [2.24, 2.45) is 11.1 Å². The topological polar surface area (TPSA) is 70.1 Å². The first kappa shape index (κ1) is 16.2. The van der Waals surface area contributed by atoms with E-state index in [1.165, 1.54) is 0 Å². The Hall–Kier alpha value is -1.86. The number of hydrogen-bond acceptors (Lipinski definition) is 3. The zero-order chi connectivity index (χ0) is 15.2. The summed E-state index contributed by atoms with van der Waals surface area (Å²) in [6.45, 7) is 4.88. The molecule has 1 amide bonds. The predicted molar refractivity (Wildman–Crippen MR) is 81.3 cm³/mol. The third-order valence-electron chi connectivity index (χ3n) is 3.60. The van der Waals surface area contributed by atoms with E-state index in [1.807, 2.05) is 6.07 Å². The van der Waals surface area contributed by atoms with E-state index in [-0.39, 0.29) is 11.3 Å². The molecule has 0 radical (unpaired) electrons. The van der Waals surface area contributed by atoms with Gasteiger partial charge < -0.3 is 10.6 Å². The lowest BCUT2D eigenvalue weighted by Crippen LogP contribution is -2.28. The smallest absolute Gasteiger partial charge is 0.226 e. The summed E-state index contributed by atoms with van der Waals surface area (Å²) in [6, 6.07) is 9.25. The SMILES string of the molecule is CN(C(=O)CCC(C)(C)CCN)c1ccccc1C#N. The summed E-state index contributed by atoms with van der Waals surface area (Å²) in [5.74, 6) is 0.0257. The quantitative estimate of drug-likeness (QED) is 0.866. The molecule has 0 aliphatic rings. The van der Waals surface area contributed by atoms with Gasteiger partial charge in [-0.25, -0.2) is 0 Å². The van der Waals surface area contributed by atoms with Gasteiger partial charge >= 0.3 is 0 Å². The Morgan fingerprint density at radius 3 is 2.60 bits per heavy atom. The number of nitriles is 1. The number of nitrogens with zero attached hydrogens (tertiary/aromatic N) is 2. The molecule has 4 heteroatoms. The van der Waals surface area contributed by atoms with E-state index in [9.17, 15) is 4.79 Å². The third kappa shape index (κ3) is 4.36. The van der Waals surface area contributed by atoms with Crippen LogP contribution in [0.25, 0.3) is 0 Å². The van der Waals surface area contributed by atoms with Crippen molar-refractivity contribution in [2.75, 3.05) is 18.5 Å². The Balaban J connectivity index is 2.71. The lowest BCUT2D eigenvalue weighted by molar-refractivity contribution is -0.118. The minimum Gasteiger partial charge on any atom is -0.330 e. The van der Waals surface area contributed by atoms with Gasteiger partial charge in [0.25, 0.3) is 0 Å². The second-order valence-electron chi connectivity index (χ2n) is 5.78. The highest BCUT2D eigenvalue weighted by Crippen LogP contribution is 2.27. The minimum absolute atomic E-state index is 0.0257. The molecular weight excluding hydrogens is 250 g/mol. The van der Waals surface area contributed by atoms with Gasteiger partial charge in [-0.05, 0) is 36.9 Å². The Bertz CT molecular complexity index is 503. The number of benzene rings is 1. The van der Waals surface area contributed by atoms with Gasteiger partial charge in [-0.2, -0.15) is 5.26 Å². The minimum atomic E-state index is 0.0257.